The van der Waals surface area contributed by atoms with Crippen molar-refractivity contribution in [3.63, 3.8) is 0 Å². The average molecular weight is 333 g/mol. The van der Waals surface area contributed by atoms with Gasteiger partial charge < -0.3 is 5.32 Å². The third kappa shape index (κ3) is 4.86. The molecule has 0 spiro atoms. The average Bonchev–Trinajstić information content (AvgIpc) is 3.02. The fourth-order valence-corrected chi connectivity index (χ4v) is 3.44. The highest BCUT2D eigenvalue weighted by atomic mass is 32.1. The predicted molar refractivity (Wildman–Crippen MR) is 91.1 cm³/mol. The fourth-order valence-electron chi connectivity index (χ4n) is 2.70. The maximum Gasteiger partial charge on any atom is 0.238 e. The molecule has 0 bridgehead atoms. The third-order valence-electron chi connectivity index (χ3n) is 3.90. The van der Waals surface area contributed by atoms with Crippen LogP contribution in [0, 0.1) is 5.82 Å². The van der Waals surface area contributed by atoms with E-state index in [0.29, 0.717) is 12.2 Å². The van der Waals surface area contributed by atoms with Gasteiger partial charge in [-0.15, -0.1) is 11.3 Å². The van der Waals surface area contributed by atoms with Gasteiger partial charge in [0.25, 0.3) is 0 Å². The van der Waals surface area contributed by atoms with Crippen LogP contribution in [0.25, 0.3) is 0 Å². The van der Waals surface area contributed by atoms with Crippen LogP contribution in [0.2, 0.25) is 0 Å². The summed E-state index contributed by atoms with van der Waals surface area (Å²) >= 11 is 1.78. The summed E-state index contributed by atoms with van der Waals surface area (Å²) in [4.78, 5) is 18.0. The number of carbonyl (C=O) groups is 1. The van der Waals surface area contributed by atoms with Crippen LogP contribution in [-0.2, 0) is 11.3 Å². The second-order valence-corrected chi connectivity index (χ2v) is 6.72. The Balaban J connectivity index is 1.42. The minimum Gasteiger partial charge on any atom is -0.325 e. The molecule has 2 aromatic rings. The van der Waals surface area contributed by atoms with Crippen molar-refractivity contribution in [1.82, 2.24) is 9.80 Å². The Morgan fingerprint density at radius 3 is 2.61 bits per heavy atom. The van der Waals surface area contributed by atoms with Crippen LogP contribution in [-0.4, -0.2) is 48.4 Å². The number of thiophene rings is 1. The summed E-state index contributed by atoms with van der Waals surface area (Å²) < 4.78 is 13.1. The molecule has 0 aliphatic carbocycles. The van der Waals surface area contributed by atoms with E-state index < -0.39 is 0 Å². The normalized spacial score (nSPS) is 16.4. The molecule has 4 nitrogen and oxygen atoms in total. The van der Waals surface area contributed by atoms with Gasteiger partial charge in [0.2, 0.25) is 5.91 Å². The van der Waals surface area contributed by atoms with Gasteiger partial charge in [-0.05, 0) is 29.6 Å². The first-order valence-electron chi connectivity index (χ1n) is 7.71. The molecule has 2 heterocycles. The van der Waals surface area contributed by atoms with Crippen LogP contribution in [0.15, 0.2) is 41.8 Å². The molecule has 0 saturated carbocycles. The van der Waals surface area contributed by atoms with Crippen molar-refractivity contribution in [1.29, 1.82) is 0 Å². The van der Waals surface area contributed by atoms with E-state index in [9.17, 15) is 9.18 Å². The van der Waals surface area contributed by atoms with Crippen molar-refractivity contribution in [3.05, 3.63) is 52.5 Å². The Labute approximate surface area is 139 Å². The molecule has 0 unspecified atom stereocenters. The van der Waals surface area contributed by atoms with E-state index in [0.717, 1.165) is 32.7 Å². The standard InChI is InChI=1S/C17H20FN3OS/c18-14-3-1-4-15(11-14)19-17(22)13-21-8-6-20(7-9-21)12-16-5-2-10-23-16/h1-5,10-11H,6-9,12-13H2,(H,19,22). The lowest BCUT2D eigenvalue weighted by Crippen LogP contribution is -2.48. The first-order chi connectivity index (χ1) is 11.2. The third-order valence-corrected chi connectivity index (χ3v) is 4.76. The van der Waals surface area contributed by atoms with E-state index in [2.05, 4.69) is 32.6 Å². The molecule has 23 heavy (non-hydrogen) atoms. The van der Waals surface area contributed by atoms with Gasteiger partial charge in [-0.2, -0.15) is 0 Å². The van der Waals surface area contributed by atoms with Crippen LogP contribution >= 0.6 is 11.3 Å². The molecule has 1 aliphatic rings. The Kier molecular flexibility index (Phi) is 5.38. The second-order valence-electron chi connectivity index (χ2n) is 5.69. The van der Waals surface area contributed by atoms with E-state index in [4.69, 9.17) is 0 Å². The Bertz CT molecular complexity index is 639. The molecule has 1 fully saturated rings. The SMILES string of the molecule is O=C(CN1CCN(Cc2cccs2)CC1)Nc1cccc(F)c1. The lowest BCUT2D eigenvalue weighted by molar-refractivity contribution is -0.117. The number of halogens is 1. The van der Waals surface area contributed by atoms with Gasteiger partial charge in [0.05, 0.1) is 6.54 Å². The molecule has 122 valence electrons. The van der Waals surface area contributed by atoms with E-state index in [-0.39, 0.29) is 11.7 Å². The number of hydrogen-bond donors (Lipinski definition) is 1. The summed E-state index contributed by atoms with van der Waals surface area (Å²) in [7, 11) is 0. The molecule has 3 rings (SSSR count). The first-order valence-corrected chi connectivity index (χ1v) is 8.59. The van der Waals surface area contributed by atoms with Gasteiger partial charge in [0.15, 0.2) is 0 Å². The molecule has 1 aliphatic heterocycles. The largest absolute Gasteiger partial charge is 0.325 e. The fraction of sp³-hybridized carbons (Fsp3) is 0.353. The highest BCUT2D eigenvalue weighted by Gasteiger charge is 2.19. The Morgan fingerprint density at radius 1 is 1.13 bits per heavy atom. The van der Waals surface area contributed by atoms with Crippen LogP contribution in [0.3, 0.4) is 0 Å². The molecule has 1 aromatic heterocycles. The number of nitrogens with one attached hydrogen (secondary N) is 1. The molecular weight excluding hydrogens is 313 g/mol. The van der Waals surface area contributed by atoms with Crippen molar-refractivity contribution in [2.24, 2.45) is 0 Å². The second kappa shape index (κ2) is 7.68. The van der Waals surface area contributed by atoms with Crippen LogP contribution < -0.4 is 5.32 Å². The maximum atomic E-state index is 13.1. The summed E-state index contributed by atoms with van der Waals surface area (Å²) in [6, 6.07) is 10.2. The van der Waals surface area contributed by atoms with Gasteiger partial charge in [-0.3, -0.25) is 14.6 Å². The quantitative estimate of drug-likeness (QED) is 0.914. The molecule has 1 saturated heterocycles. The van der Waals surface area contributed by atoms with Crippen LogP contribution in [0.1, 0.15) is 4.88 Å². The topological polar surface area (TPSA) is 35.6 Å². The predicted octanol–water partition coefficient (Wildman–Crippen LogP) is 2.64. The van der Waals surface area contributed by atoms with E-state index >= 15 is 0 Å². The molecule has 1 aromatic carbocycles. The number of piperazine rings is 1. The van der Waals surface area contributed by atoms with Crippen molar-refractivity contribution >= 4 is 22.9 Å². The zero-order chi connectivity index (χ0) is 16.1. The van der Waals surface area contributed by atoms with Crippen molar-refractivity contribution in [2.45, 2.75) is 6.54 Å². The number of benzene rings is 1. The first kappa shape index (κ1) is 16.1. The van der Waals surface area contributed by atoms with Crippen LogP contribution in [0.4, 0.5) is 10.1 Å². The number of amides is 1. The highest BCUT2D eigenvalue weighted by Crippen LogP contribution is 2.14. The molecular formula is C17H20FN3OS. The number of anilines is 1. The number of carbonyl (C=O) groups excluding carboxylic acids is 1. The summed E-state index contributed by atoms with van der Waals surface area (Å²) in [5.41, 5.74) is 0.506. The Morgan fingerprint density at radius 2 is 1.91 bits per heavy atom. The van der Waals surface area contributed by atoms with E-state index in [1.54, 1.807) is 23.5 Å². The summed E-state index contributed by atoms with van der Waals surface area (Å²) in [6.45, 7) is 5.02. The Hall–Kier alpha value is -1.76. The maximum absolute atomic E-state index is 13.1. The van der Waals surface area contributed by atoms with Gasteiger partial charge in [0, 0.05) is 43.3 Å². The monoisotopic (exact) mass is 333 g/mol. The van der Waals surface area contributed by atoms with Gasteiger partial charge >= 0.3 is 0 Å². The summed E-state index contributed by atoms with van der Waals surface area (Å²) in [5.74, 6) is -0.438. The highest BCUT2D eigenvalue weighted by molar-refractivity contribution is 7.09. The van der Waals surface area contributed by atoms with Gasteiger partial charge in [0.1, 0.15) is 5.82 Å². The summed E-state index contributed by atoms with van der Waals surface area (Å²) in [6.07, 6.45) is 0. The number of hydrogen-bond acceptors (Lipinski definition) is 4. The lowest BCUT2D eigenvalue weighted by Gasteiger charge is -2.34. The zero-order valence-electron chi connectivity index (χ0n) is 12.9. The minimum absolute atomic E-state index is 0.0951. The molecule has 1 N–H and O–H groups in total. The van der Waals surface area contributed by atoms with Crippen molar-refractivity contribution < 1.29 is 9.18 Å². The van der Waals surface area contributed by atoms with E-state index in [1.807, 2.05) is 0 Å². The lowest BCUT2D eigenvalue weighted by atomic mass is 10.3. The van der Waals surface area contributed by atoms with E-state index in [1.165, 1.54) is 17.0 Å². The number of nitrogens with zero attached hydrogens (tertiary/aromatic N) is 2. The molecule has 6 heteroatoms. The molecule has 1 amide bonds. The van der Waals surface area contributed by atoms with Crippen molar-refractivity contribution in [3.8, 4) is 0 Å². The summed E-state index contributed by atoms with van der Waals surface area (Å²) in [5, 5.41) is 4.84. The van der Waals surface area contributed by atoms with Crippen LogP contribution in [0.5, 0.6) is 0 Å². The molecule has 0 radical (unpaired) electrons. The minimum atomic E-state index is -0.343. The van der Waals surface area contributed by atoms with Crippen molar-refractivity contribution in [2.75, 3.05) is 38.0 Å². The van der Waals surface area contributed by atoms with Gasteiger partial charge in [-0.25, -0.2) is 4.39 Å². The van der Waals surface area contributed by atoms with Gasteiger partial charge in [-0.1, -0.05) is 12.1 Å². The zero-order valence-corrected chi connectivity index (χ0v) is 13.7. The molecule has 0 atom stereocenters. The number of rotatable bonds is 5. The smallest absolute Gasteiger partial charge is 0.238 e.